The lowest BCUT2D eigenvalue weighted by molar-refractivity contribution is -0.173. The number of nitrogens with zero attached hydrogens (tertiary/aromatic N) is 1. The molecule has 0 radical (unpaired) electrons. The number of likely N-dealkylation sites (tertiary alicyclic amines) is 1. The van der Waals surface area contributed by atoms with Gasteiger partial charge >= 0.3 is 0 Å². The zero-order chi connectivity index (χ0) is 12.7. The van der Waals surface area contributed by atoms with E-state index in [9.17, 15) is 5.11 Å². The summed E-state index contributed by atoms with van der Waals surface area (Å²) in [7, 11) is 0. The van der Waals surface area contributed by atoms with E-state index >= 15 is 0 Å². The maximum Gasteiger partial charge on any atom is 0.0681 e. The van der Waals surface area contributed by atoms with Crippen LogP contribution in [-0.4, -0.2) is 35.2 Å². The predicted octanol–water partition coefficient (Wildman–Crippen LogP) is 2.91. The first-order chi connectivity index (χ1) is 7.85. The molecular formula is C15H29NO. The summed E-state index contributed by atoms with van der Waals surface area (Å²) in [6.45, 7) is 12.6. The van der Waals surface area contributed by atoms with E-state index in [1.54, 1.807) is 0 Å². The van der Waals surface area contributed by atoms with Crippen LogP contribution in [0.1, 0.15) is 53.4 Å². The molecule has 2 heteroatoms. The number of hydrogen-bond donors (Lipinski definition) is 1. The minimum absolute atomic E-state index is 0.347. The highest BCUT2D eigenvalue weighted by Crippen LogP contribution is 2.57. The Morgan fingerprint density at radius 3 is 2.00 bits per heavy atom. The minimum atomic E-state index is -0.347. The monoisotopic (exact) mass is 239 g/mol. The summed E-state index contributed by atoms with van der Waals surface area (Å²) in [6, 6.07) is 0. The standard InChI is InChI=1S/C15H29NO/c1-12(2)9-16-7-5-14(6-8-16)10-15(17,11-14)13(3)4/h12-13,17H,5-11H2,1-4H3. The maximum atomic E-state index is 10.4. The highest BCUT2D eigenvalue weighted by molar-refractivity contribution is 5.07. The molecule has 1 heterocycles. The van der Waals surface area contributed by atoms with Gasteiger partial charge in [0.25, 0.3) is 0 Å². The van der Waals surface area contributed by atoms with Crippen LogP contribution in [-0.2, 0) is 0 Å². The van der Waals surface area contributed by atoms with Crippen molar-refractivity contribution in [3.05, 3.63) is 0 Å². The lowest BCUT2D eigenvalue weighted by Crippen LogP contribution is -2.58. The van der Waals surface area contributed by atoms with E-state index in [1.807, 2.05) is 0 Å². The Morgan fingerprint density at radius 1 is 1.06 bits per heavy atom. The van der Waals surface area contributed by atoms with Crippen LogP contribution in [0.3, 0.4) is 0 Å². The lowest BCUT2D eigenvalue weighted by atomic mass is 9.52. The Balaban J connectivity index is 1.81. The molecule has 2 aliphatic rings. The number of aliphatic hydroxyl groups is 1. The molecule has 0 aromatic rings. The van der Waals surface area contributed by atoms with E-state index in [4.69, 9.17) is 0 Å². The van der Waals surface area contributed by atoms with Crippen LogP contribution >= 0.6 is 0 Å². The molecule has 17 heavy (non-hydrogen) atoms. The van der Waals surface area contributed by atoms with E-state index in [1.165, 1.54) is 32.5 Å². The number of rotatable bonds is 3. The smallest absolute Gasteiger partial charge is 0.0681 e. The van der Waals surface area contributed by atoms with Crippen molar-refractivity contribution in [1.29, 1.82) is 0 Å². The first kappa shape index (κ1) is 13.4. The van der Waals surface area contributed by atoms with E-state index in [2.05, 4.69) is 32.6 Å². The molecule has 1 N–H and O–H groups in total. The van der Waals surface area contributed by atoms with Gasteiger partial charge in [0, 0.05) is 6.54 Å². The molecule has 1 aliphatic heterocycles. The highest BCUT2D eigenvalue weighted by Gasteiger charge is 2.55. The molecule has 1 spiro atoms. The van der Waals surface area contributed by atoms with Gasteiger partial charge in [-0.3, -0.25) is 0 Å². The van der Waals surface area contributed by atoms with E-state index < -0.39 is 0 Å². The van der Waals surface area contributed by atoms with Crippen LogP contribution in [0.25, 0.3) is 0 Å². The summed E-state index contributed by atoms with van der Waals surface area (Å²) in [4.78, 5) is 2.60. The summed E-state index contributed by atoms with van der Waals surface area (Å²) < 4.78 is 0. The van der Waals surface area contributed by atoms with Crippen LogP contribution in [0.5, 0.6) is 0 Å². The first-order valence-corrected chi connectivity index (χ1v) is 7.30. The van der Waals surface area contributed by atoms with Crippen LogP contribution in [0, 0.1) is 17.3 Å². The predicted molar refractivity (Wildman–Crippen MR) is 72.0 cm³/mol. The summed E-state index contributed by atoms with van der Waals surface area (Å²) in [5.74, 6) is 1.19. The maximum absolute atomic E-state index is 10.4. The highest BCUT2D eigenvalue weighted by atomic mass is 16.3. The van der Waals surface area contributed by atoms with Crippen LogP contribution < -0.4 is 0 Å². The SMILES string of the molecule is CC(C)CN1CCC2(CC1)CC(O)(C(C)C)C2. The Bertz CT molecular complexity index is 256. The molecule has 2 fully saturated rings. The van der Waals surface area contributed by atoms with Gasteiger partial charge in [-0.1, -0.05) is 27.7 Å². The fourth-order valence-electron chi connectivity index (χ4n) is 3.74. The van der Waals surface area contributed by atoms with Crippen molar-refractivity contribution < 1.29 is 5.11 Å². The Labute approximate surface area is 106 Å². The van der Waals surface area contributed by atoms with Crippen molar-refractivity contribution in [2.45, 2.75) is 59.0 Å². The Morgan fingerprint density at radius 2 is 1.59 bits per heavy atom. The molecule has 0 atom stereocenters. The molecule has 0 amide bonds. The van der Waals surface area contributed by atoms with Gasteiger partial charge in [0.1, 0.15) is 0 Å². The van der Waals surface area contributed by atoms with Gasteiger partial charge in [0.2, 0.25) is 0 Å². The minimum Gasteiger partial charge on any atom is -0.390 e. The Kier molecular flexibility index (Phi) is 3.57. The van der Waals surface area contributed by atoms with Crippen molar-refractivity contribution >= 4 is 0 Å². The van der Waals surface area contributed by atoms with Gasteiger partial charge in [-0.05, 0) is 56.0 Å². The largest absolute Gasteiger partial charge is 0.390 e. The zero-order valence-corrected chi connectivity index (χ0v) is 12.0. The van der Waals surface area contributed by atoms with E-state index in [0.717, 1.165) is 18.8 Å². The average Bonchev–Trinajstić information content (AvgIpc) is 2.18. The Hall–Kier alpha value is -0.0800. The zero-order valence-electron chi connectivity index (χ0n) is 12.0. The third-order valence-electron chi connectivity index (χ3n) is 4.98. The second-order valence-corrected chi connectivity index (χ2v) is 7.31. The van der Waals surface area contributed by atoms with Crippen molar-refractivity contribution in [2.24, 2.45) is 17.3 Å². The van der Waals surface area contributed by atoms with Crippen LogP contribution in [0.15, 0.2) is 0 Å². The molecule has 1 saturated heterocycles. The molecule has 1 saturated carbocycles. The van der Waals surface area contributed by atoms with Gasteiger partial charge in [-0.25, -0.2) is 0 Å². The molecule has 100 valence electrons. The molecule has 2 nitrogen and oxygen atoms in total. The summed E-state index contributed by atoms with van der Waals surface area (Å²) in [6.07, 6.45) is 4.70. The molecule has 0 unspecified atom stereocenters. The molecule has 0 aromatic heterocycles. The van der Waals surface area contributed by atoms with Crippen LogP contribution in [0.2, 0.25) is 0 Å². The fraction of sp³-hybridized carbons (Fsp3) is 1.00. The normalized spacial score (nSPS) is 27.7. The van der Waals surface area contributed by atoms with E-state index in [-0.39, 0.29) is 5.60 Å². The molecule has 2 rings (SSSR count). The fourth-order valence-corrected chi connectivity index (χ4v) is 3.74. The molecular weight excluding hydrogens is 210 g/mol. The van der Waals surface area contributed by atoms with Gasteiger partial charge in [0.05, 0.1) is 5.60 Å². The number of hydrogen-bond acceptors (Lipinski definition) is 2. The molecule has 1 aliphatic carbocycles. The van der Waals surface area contributed by atoms with Crippen LogP contribution in [0.4, 0.5) is 0 Å². The van der Waals surface area contributed by atoms with Gasteiger partial charge in [0.15, 0.2) is 0 Å². The van der Waals surface area contributed by atoms with Crippen molar-refractivity contribution in [2.75, 3.05) is 19.6 Å². The topological polar surface area (TPSA) is 23.5 Å². The third kappa shape index (κ3) is 2.68. The van der Waals surface area contributed by atoms with Crippen molar-refractivity contribution in [1.82, 2.24) is 4.90 Å². The van der Waals surface area contributed by atoms with Gasteiger partial charge in [-0.15, -0.1) is 0 Å². The summed E-state index contributed by atoms with van der Waals surface area (Å²) in [5.41, 5.74) is 0.146. The first-order valence-electron chi connectivity index (χ1n) is 7.30. The number of piperidine rings is 1. The van der Waals surface area contributed by atoms with Gasteiger partial charge in [-0.2, -0.15) is 0 Å². The van der Waals surface area contributed by atoms with Gasteiger partial charge < -0.3 is 10.0 Å². The second-order valence-electron chi connectivity index (χ2n) is 7.31. The van der Waals surface area contributed by atoms with E-state index in [0.29, 0.717) is 11.3 Å². The molecule has 0 aromatic carbocycles. The lowest BCUT2D eigenvalue weighted by Gasteiger charge is -2.58. The van der Waals surface area contributed by atoms with Crippen molar-refractivity contribution in [3.8, 4) is 0 Å². The average molecular weight is 239 g/mol. The summed E-state index contributed by atoms with van der Waals surface area (Å²) >= 11 is 0. The summed E-state index contributed by atoms with van der Waals surface area (Å²) in [5, 5.41) is 10.4. The second kappa shape index (κ2) is 4.55. The third-order valence-corrected chi connectivity index (χ3v) is 4.98. The van der Waals surface area contributed by atoms with Crippen molar-refractivity contribution in [3.63, 3.8) is 0 Å². The molecule has 0 bridgehead atoms. The quantitative estimate of drug-likeness (QED) is 0.818.